The maximum absolute atomic E-state index is 13.2. The number of halogens is 2. The van der Waals surface area contributed by atoms with E-state index in [1.54, 1.807) is 11.0 Å². The minimum atomic E-state index is -2.63. The molecule has 0 bridgehead atoms. The minimum Gasteiger partial charge on any atom is -0.370 e. The summed E-state index contributed by atoms with van der Waals surface area (Å²) < 4.78 is 26.4. The lowest BCUT2D eigenvalue weighted by molar-refractivity contribution is -0.0220. The van der Waals surface area contributed by atoms with Crippen molar-refractivity contribution in [2.24, 2.45) is 0 Å². The van der Waals surface area contributed by atoms with Gasteiger partial charge in [0.05, 0.1) is 17.4 Å². The number of nitrogens with zero attached hydrogens (tertiary/aromatic N) is 3. The van der Waals surface area contributed by atoms with Crippen LogP contribution in [0.3, 0.4) is 0 Å². The monoisotopic (exact) mass is 309 g/mol. The largest absolute Gasteiger partial charge is 0.370 e. The van der Waals surface area contributed by atoms with Gasteiger partial charge >= 0.3 is 5.69 Å². The van der Waals surface area contributed by atoms with E-state index in [0.717, 1.165) is 0 Å². The molecule has 2 aromatic heterocycles. The average Bonchev–Trinajstić information content (AvgIpc) is 2.47. The van der Waals surface area contributed by atoms with Gasteiger partial charge in [-0.3, -0.25) is 9.78 Å². The Morgan fingerprint density at radius 3 is 2.64 bits per heavy atom. The van der Waals surface area contributed by atoms with Gasteiger partial charge in [-0.2, -0.15) is 10.2 Å². The fraction of sp³-hybridized carbons (Fsp3) is 0.385. The third-order valence-electron chi connectivity index (χ3n) is 3.60. The Bertz CT molecular complexity index is 791. The van der Waals surface area contributed by atoms with Gasteiger partial charge in [-0.1, -0.05) is 0 Å². The summed E-state index contributed by atoms with van der Waals surface area (Å²) in [5, 5.41) is 7.67. The molecule has 1 fully saturated rings. The molecule has 0 unspecified atom stereocenters. The summed E-state index contributed by atoms with van der Waals surface area (Å²) in [5.41, 5.74) is -0.147. The molecule has 0 aromatic carbocycles. The Hall–Kier alpha value is -2.58. The number of rotatable bonds is 2. The van der Waals surface area contributed by atoms with Crippen LogP contribution in [0.1, 0.15) is 12.8 Å². The molecule has 3 heterocycles. The summed E-state index contributed by atoms with van der Waals surface area (Å²) in [5.74, 6) is -2.63. The fourth-order valence-corrected chi connectivity index (χ4v) is 2.35. The highest BCUT2D eigenvalue weighted by molar-refractivity contribution is 5.61. The smallest absolute Gasteiger partial charge is 0.325 e. The number of piperidine rings is 1. The summed E-state index contributed by atoms with van der Waals surface area (Å²) >= 11 is 0. The Kier molecular flexibility index (Phi) is 3.47. The molecule has 1 saturated heterocycles. The number of anilines is 1. The summed E-state index contributed by atoms with van der Waals surface area (Å²) in [6.07, 6.45) is 2.28. The maximum Gasteiger partial charge on any atom is 0.325 e. The van der Waals surface area contributed by atoms with Crippen LogP contribution in [0.2, 0.25) is 0 Å². The predicted octanol–water partition coefficient (Wildman–Crippen LogP) is 0.756. The highest BCUT2D eigenvalue weighted by Crippen LogP contribution is 2.30. The first-order chi connectivity index (χ1) is 10.4. The molecule has 1 aliphatic rings. The van der Waals surface area contributed by atoms with Gasteiger partial charge in [0.15, 0.2) is 0 Å². The van der Waals surface area contributed by atoms with Crippen LogP contribution in [-0.2, 0) is 0 Å². The predicted molar refractivity (Wildman–Crippen MR) is 75.1 cm³/mol. The third-order valence-corrected chi connectivity index (χ3v) is 3.60. The molecule has 2 N–H and O–H groups in total. The van der Waals surface area contributed by atoms with E-state index in [1.807, 2.05) is 0 Å². The Balaban J connectivity index is 1.90. The van der Waals surface area contributed by atoms with E-state index in [4.69, 9.17) is 0 Å². The number of hydrogen-bond acceptors (Lipinski definition) is 5. The van der Waals surface area contributed by atoms with Crippen molar-refractivity contribution >= 4 is 5.69 Å². The van der Waals surface area contributed by atoms with Crippen LogP contribution in [0.15, 0.2) is 28.0 Å². The van der Waals surface area contributed by atoms with Gasteiger partial charge in [0.2, 0.25) is 0 Å². The number of aromatic nitrogens is 4. The summed E-state index contributed by atoms with van der Waals surface area (Å²) in [6, 6.07) is 1.60. The van der Waals surface area contributed by atoms with Gasteiger partial charge in [0.1, 0.15) is 5.69 Å². The molecule has 0 aliphatic carbocycles. The second kappa shape index (κ2) is 5.32. The molecular formula is C13H13F2N5O2. The van der Waals surface area contributed by atoms with Gasteiger partial charge in [-0.25, -0.2) is 13.6 Å². The number of hydrogen-bond donors (Lipinski definition) is 2. The molecule has 0 radical (unpaired) electrons. The standard InChI is InChI=1S/C13H13F2N5O2/c14-13(15)1-3-20(4-2-13)8-5-10(19-17-6-8)9-7-16-12(22)18-11(9)21/h5-7H,1-4H2,(H2,16,18,21,22). The molecular weight excluding hydrogens is 296 g/mol. The van der Waals surface area contributed by atoms with Crippen molar-refractivity contribution in [3.05, 3.63) is 39.3 Å². The normalized spacial score (nSPS) is 17.5. The van der Waals surface area contributed by atoms with Crippen molar-refractivity contribution in [1.29, 1.82) is 0 Å². The zero-order valence-electron chi connectivity index (χ0n) is 11.5. The molecule has 1 aliphatic heterocycles. The highest BCUT2D eigenvalue weighted by Gasteiger charge is 2.34. The molecule has 9 heteroatoms. The topological polar surface area (TPSA) is 94.7 Å². The van der Waals surface area contributed by atoms with Crippen molar-refractivity contribution in [2.75, 3.05) is 18.0 Å². The minimum absolute atomic E-state index is 0.163. The highest BCUT2D eigenvalue weighted by atomic mass is 19.3. The van der Waals surface area contributed by atoms with Crippen LogP contribution in [0.25, 0.3) is 11.3 Å². The molecule has 0 atom stereocenters. The zero-order chi connectivity index (χ0) is 15.7. The van der Waals surface area contributed by atoms with E-state index < -0.39 is 17.2 Å². The first-order valence-corrected chi connectivity index (χ1v) is 6.72. The number of H-pyrrole nitrogens is 2. The van der Waals surface area contributed by atoms with Crippen molar-refractivity contribution in [3.63, 3.8) is 0 Å². The van der Waals surface area contributed by atoms with Crippen LogP contribution in [0.4, 0.5) is 14.5 Å². The first kappa shape index (κ1) is 14.4. The zero-order valence-corrected chi connectivity index (χ0v) is 11.5. The van der Waals surface area contributed by atoms with Crippen molar-refractivity contribution < 1.29 is 8.78 Å². The Morgan fingerprint density at radius 2 is 1.95 bits per heavy atom. The third kappa shape index (κ3) is 2.87. The van der Waals surface area contributed by atoms with E-state index in [2.05, 4.69) is 20.2 Å². The van der Waals surface area contributed by atoms with Gasteiger partial charge in [0, 0.05) is 32.1 Å². The Labute approximate surface area is 123 Å². The lowest BCUT2D eigenvalue weighted by atomic mass is 10.1. The Morgan fingerprint density at radius 1 is 1.23 bits per heavy atom. The van der Waals surface area contributed by atoms with E-state index >= 15 is 0 Å². The van der Waals surface area contributed by atoms with Gasteiger partial charge in [-0.05, 0) is 6.07 Å². The quantitative estimate of drug-likeness (QED) is 0.854. The van der Waals surface area contributed by atoms with E-state index in [1.165, 1.54) is 12.4 Å². The van der Waals surface area contributed by atoms with E-state index in [0.29, 0.717) is 5.69 Å². The lowest BCUT2D eigenvalue weighted by Gasteiger charge is -2.33. The van der Waals surface area contributed by atoms with Crippen molar-refractivity contribution in [2.45, 2.75) is 18.8 Å². The summed E-state index contributed by atoms with van der Waals surface area (Å²) in [4.78, 5) is 29.0. The van der Waals surface area contributed by atoms with Crippen LogP contribution < -0.4 is 16.1 Å². The van der Waals surface area contributed by atoms with E-state index in [-0.39, 0.29) is 37.2 Å². The molecule has 0 saturated carbocycles. The molecule has 0 amide bonds. The van der Waals surface area contributed by atoms with Gasteiger partial charge in [0.25, 0.3) is 11.5 Å². The maximum atomic E-state index is 13.2. The second-order valence-electron chi connectivity index (χ2n) is 5.13. The molecule has 116 valence electrons. The first-order valence-electron chi connectivity index (χ1n) is 6.72. The van der Waals surface area contributed by atoms with Crippen molar-refractivity contribution in [1.82, 2.24) is 20.2 Å². The van der Waals surface area contributed by atoms with Gasteiger partial charge < -0.3 is 9.88 Å². The summed E-state index contributed by atoms with van der Waals surface area (Å²) in [6.45, 7) is 0.417. The molecule has 3 rings (SSSR count). The molecule has 2 aromatic rings. The van der Waals surface area contributed by atoms with Crippen molar-refractivity contribution in [3.8, 4) is 11.3 Å². The molecule has 7 nitrogen and oxygen atoms in total. The second-order valence-corrected chi connectivity index (χ2v) is 5.13. The fourth-order valence-electron chi connectivity index (χ4n) is 2.35. The van der Waals surface area contributed by atoms with Crippen LogP contribution >= 0.6 is 0 Å². The van der Waals surface area contributed by atoms with Crippen LogP contribution in [0, 0.1) is 0 Å². The SMILES string of the molecule is O=c1[nH]cc(-c2cc(N3CCC(F)(F)CC3)cnn2)c(=O)[nH]1. The van der Waals surface area contributed by atoms with Gasteiger partial charge in [-0.15, -0.1) is 0 Å². The molecule has 22 heavy (non-hydrogen) atoms. The lowest BCUT2D eigenvalue weighted by Crippen LogP contribution is -2.39. The van der Waals surface area contributed by atoms with E-state index in [9.17, 15) is 18.4 Å². The van der Waals surface area contributed by atoms with Crippen LogP contribution in [0.5, 0.6) is 0 Å². The average molecular weight is 309 g/mol. The number of aromatic amines is 2. The number of alkyl halides is 2. The number of nitrogens with one attached hydrogen (secondary N) is 2. The molecule has 0 spiro atoms. The summed E-state index contributed by atoms with van der Waals surface area (Å²) in [7, 11) is 0. The van der Waals surface area contributed by atoms with Crippen LogP contribution in [-0.4, -0.2) is 39.2 Å².